The first-order chi connectivity index (χ1) is 9.83. The number of aliphatic hydroxyl groups excluding tert-OH is 1. The molecule has 20 heavy (non-hydrogen) atoms. The lowest BCUT2D eigenvalue weighted by molar-refractivity contribution is -0.00639. The summed E-state index contributed by atoms with van der Waals surface area (Å²) in [6, 6.07) is 0.459. The van der Waals surface area contributed by atoms with E-state index >= 15 is 0 Å². The zero-order valence-electron chi connectivity index (χ0n) is 13.0. The summed E-state index contributed by atoms with van der Waals surface area (Å²) in [7, 11) is 0. The molecule has 1 saturated heterocycles. The van der Waals surface area contributed by atoms with Crippen LogP contribution in [0.1, 0.15) is 57.8 Å². The molecule has 3 fully saturated rings. The van der Waals surface area contributed by atoms with Gasteiger partial charge in [0.25, 0.3) is 0 Å². The van der Waals surface area contributed by atoms with Crippen molar-refractivity contribution in [1.82, 2.24) is 9.80 Å². The smallest absolute Gasteiger partial charge is 0.0695 e. The summed E-state index contributed by atoms with van der Waals surface area (Å²) >= 11 is 0. The average molecular weight is 280 g/mol. The summed E-state index contributed by atoms with van der Waals surface area (Å²) < 4.78 is 0. The maximum Gasteiger partial charge on any atom is 0.0695 e. The van der Waals surface area contributed by atoms with Crippen LogP contribution >= 0.6 is 0 Å². The molecule has 116 valence electrons. The van der Waals surface area contributed by atoms with E-state index in [1.54, 1.807) is 0 Å². The largest absolute Gasteiger partial charge is 0.391 e. The number of hydrogen-bond donors (Lipinski definition) is 1. The normalized spacial score (nSPS) is 35.2. The summed E-state index contributed by atoms with van der Waals surface area (Å²) in [4.78, 5) is 5.25. The molecule has 0 spiro atoms. The zero-order chi connectivity index (χ0) is 13.8. The Balaban J connectivity index is 1.42. The van der Waals surface area contributed by atoms with E-state index in [1.807, 2.05) is 0 Å². The van der Waals surface area contributed by atoms with E-state index in [-0.39, 0.29) is 6.10 Å². The highest BCUT2D eigenvalue weighted by Gasteiger charge is 2.31. The molecule has 1 N–H and O–H groups in total. The van der Waals surface area contributed by atoms with Crippen LogP contribution < -0.4 is 0 Å². The fourth-order valence-electron chi connectivity index (χ4n) is 4.53. The highest BCUT2D eigenvalue weighted by molar-refractivity contribution is 4.86. The Hall–Kier alpha value is -0.120. The van der Waals surface area contributed by atoms with Gasteiger partial charge in [-0.3, -0.25) is 4.90 Å². The maximum atomic E-state index is 10.2. The van der Waals surface area contributed by atoms with Crippen LogP contribution in [0, 0.1) is 5.92 Å². The highest BCUT2D eigenvalue weighted by atomic mass is 16.3. The topological polar surface area (TPSA) is 26.7 Å². The third kappa shape index (κ3) is 3.75. The molecular weight excluding hydrogens is 248 g/mol. The van der Waals surface area contributed by atoms with E-state index in [2.05, 4.69) is 9.80 Å². The van der Waals surface area contributed by atoms with Gasteiger partial charge in [-0.1, -0.05) is 32.1 Å². The number of rotatable bonds is 3. The SMILES string of the molecule is OC1CCCCC1N1CCN(CC2CCCCC2)CC1. The molecular formula is C17H32N2O. The fraction of sp³-hybridized carbons (Fsp3) is 1.00. The molecule has 0 aromatic carbocycles. The molecule has 1 aliphatic heterocycles. The van der Waals surface area contributed by atoms with E-state index in [4.69, 9.17) is 0 Å². The third-order valence-corrected chi connectivity index (χ3v) is 5.81. The van der Waals surface area contributed by atoms with Crippen LogP contribution in [0.4, 0.5) is 0 Å². The van der Waals surface area contributed by atoms with Gasteiger partial charge >= 0.3 is 0 Å². The molecule has 3 nitrogen and oxygen atoms in total. The van der Waals surface area contributed by atoms with Gasteiger partial charge in [0.15, 0.2) is 0 Å². The lowest BCUT2D eigenvalue weighted by Crippen LogP contribution is -2.55. The Bertz CT molecular complexity index is 283. The van der Waals surface area contributed by atoms with Crippen molar-refractivity contribution in [2.45, 2.75) is 69.9 Å². The van der Waals surface area contributed by atoms with Crippen molar-refractivity contribution in [3.63, 3.8) is 0 Å². The maximum absolute atomic E-state index is 10.2. The van der Waals surface area contributed by atoms with E-state index < -0.39 is 0 Å². The Kier molecular flexibility index (Phi) is 5.36. The lowest BCUT2D eigenvalue weighted by Gasteiger charge is -2.43. The van der Waals surface area contributed by atoms with Gasteiger partial charge in [-0.2, -0.15) is 0 Å². The van der Waals surface area contributed by atoms with E-state index in [9.17, 15) is 5.11 Å². The molecule has 3 rings (SSSR count). The minimum Gasteiger partial charge on any atom is -0.391 e. The summed E-state index contributed by atoms with van der Waals surface area (Å²) in [5.74, 6) is 0.968. The standard InChI is InChI=1S/C17H32N2O/c20-17-9-5-4-8-16(17)19-12-10-18(11-13-19)14-15-6-2-1-3-7-15/h15-17,20H,1-14H2. The summed E-state index contributed by atoms with van der Waals surface area (Å²) in [5, 5.41) is 10.2. The van der Waals surface area contributed by atoms with Gasteiger partial charge < -0.3 is 10.0 Å². The Morgan fingerprint density at radius 2 is 1.40 bits per heavy atom. The van der Waals surface area contributed by atoms with Crippen LogP contribution in [0.2, 0.25) is 0 Å². The van der Waals surface area contributed by atoms with Gasteiger partial charge in [-0.25, -0.2) is 0 Å². The Morgan fingerprint density at radius 1 is 0.750 bits per heavy atom. The first-order valence-corrected chi connectivity index (χ1v) is 8.97. The van der Waals surface area contributed by atoms with Gasteiger partial charge in [-0.05, 0) is 31.6 Å². The molecule has 2 aliphatic carbocycles. The average Bonchev–Trinajstić information content (AvgIpc) is 2.50. The molecule has 0 bridgehead atoms. The molecule has 2 atom stereocenters. The van der Waals surface area contributed by atoms with Crippen LogP contribution in [0.3, 0.4) is 0 Å². The zero-order valence-corrected chi connectivity index (χ0v) is 13.0. The first kappa shape index (κ1) is 14.8. The molecule has 2 saturated carbocycles. The number of nitrogens with zero attached hydrogens (tertiary/aromatic N) is 2. The molecule has 3 heteroatoms. The van der Waals surface area contributed by atoms with Crippen molar-refractivity contribution in [2.75, 3.05) is 32.7 Å². The fourth-order valence-corrected chi connectivity index (χ4v) is 4.53. The number of piperazine rings is 1. The monoisotopic (exact) mass is 280 g/mol. The predicted octanol–water partition coefficient (Wildman–Crippen LogP) is 2.49. The van der Waals surface area contributed by atoms with Gasteiger partial charge in [-0.15, -0.1) is 0 Å². The minimum absolute atomic E-state index is 0.0614. The van der Waals surface area contributed by atoms with Crippen LogP contribution in [-0.4, -0.2) is 59.8 Å². The van der Waals surface area contributed by atoms with Crippen LogP contribution in [0.15, 0.2) is 0 Å². The van der Waals surface area contributed by atoms with Gasteiger partial charge in [0.2, 0.25) is 0 Å². The van der Waals surface area contributed by atoms with Crippen molar-refractivity contribution in [2.24, 2.45) is 5.92 Å². The molecule has 2 unspecified atom stereocenters. The lowest BCUT2D eigenvalue weighted by atomic mass is 9.88. The molecule has 0 radical (unpaired) electrons. The van der Waals surface area contributed by atoms with E-state index in [1.165, 1.54) is 84.1 Å². The highest BCUT2D eigenvalue weighted by Crippen LogP contribution is 2.26. The molecule has 3 aliphatic rings. The van der Waals surface area contributed by atoms with Crippen LogP contribution in [0.25, 0.3) is 0 Å². The Labute approximate surface area is 124 Å². The minimum atomic E-state index is -0.0614. The summed E-state index contributed by atoms with van der Waals surface area (Å²) in [6.07, 6.45) is 12.0. The number of aliphatic hydroxyl groups is 1. The van der Waals surface area contributed by atoms with Gasteiger partial charge in [0, 0.05) is 38.8 Å². The van der Waals surface area contributed by atoms with Crippen molar-refractivity contribution >= 4 is 0 Å². The predicted molar refractivity (Wildman–Crippen MR) is 82.9 cm³/mol. The molecule has 0 amide bonds. The summed E-state index contributed by atoms with van der Waals surface area (Å²) in [6.45, 7) is 6.13. The van der Waals surface area contributed by atoms with Crippen molar-refractivity contribution in [3.05, 3.63) is 0 Å². The third-order valence-electron chi connectivity index (χ3n) is 5.81. The second-order valence-corrected chi connectivity index (χ2v) is 7.26. The van der Waals surface area contributed by atoms with Crippen molar-refractivity contribution in [1.29, 1.82) is 0 Å². The van der Waals surface area contributed by atoms with Crippen molar-refractivity contribution in [3.8, 4) is 0 Å². The van der Waals surface area contributed by atoms with E-state index in [0.29, 0.717) is 6.04 Å². The Morgan fingerprint density at radius 3 is 2.10 bits per heavy atom. The molecule has 0 aromatic heterocycles. The quantitative estimate of drug-likeness (QED) is 0.860. The second kappa shape index (κ2) is 7.24. The second-order valence-electron chi connectivity index (χ2n) is 7.26. The van der Waals surface area contributed by atoms with Crippen molar-refractivity contribution < 1.29 is 5.11 Å². The van der Waals surface area contributed by atoms with Crippen LogP contribution in [-0.2, 0) is 0 Å². The molecule has 1 heterocycles. The first-order valence-electron chi connectivity index (χ1n) is 8.97. The van der Waals surface area contributed by atoms with Gasteiger partial charge in [0.05, 0.1) is 6.10 Å². The van der Waals surface area contributed by atoms with E-state index in [0.717, 1.165) is 12.3 Å². The molecule has 0 aromatic rings. The van der Waals surface area contributed by atoms with Gasteiger partial charge in [0.1, 0.15) is 0 Å². The van der Waals surface area contributed by atoms with Crippen LogP contribution in [0.5, 0.6) is 0 Å². The number of hydrogen-bond acceptors (Lipinski definition) is 3. The summed E-state index contributed by atoms with van der Waals surface area (Å²) in [5.41, 5.74) is 0.